The zero-order valence-electron chi connectivity index (χ0n) is 13.4. The highest BCUT2D eigenvalue weighted by atomic mass is 16.5. The van der Waals surface area contributed by atoms with Crippen LogP contribution in [0.15, 0.2) is 18.2 Å². The Balaban J connectivity index is 2.02. The van der Waals surface area contributed by atoms with E-state index in [1.165, 1.54) is 32.4 Å². The Morgan fingerprint density at radius 2 is 2.04 bits per heavy atom. The molecule has 7 nitrogen and oxygen atoms in total. The lowest BCUT2D eigenvalue weighted by Crippen LogP contribution is -2.48. The molecule has 7 heteroatoms. The zero-order valence-corrected chi connectivity index (χ0v) is 13.4. The molecule has 1 aromatic rings. The molecule has 1 aromatic carbocycles. The number of hydrogen-bond donors (Lipinski definition) is 2. The Labute approximate surface area is 138 Å². The number of carbonyl (C=O) groups excluding carboxylic acids is 2. The molecule has 1 heterocycles. The smallest absolute Gasteiger partial charge is 0.204 e. The van der Waals surface area contributed by atoms with Crippen molar-refractivity contribution in [1.29, 1.82) is 0 Å². The topological polar surface area (TPSA) is 102 Å². The van der Waals surface area contributed by atoms with Crippen molar-refractivity contribution >= 4 is 11.6 Å². The van der Waals surface area contributed by atoms with Gasteiger partial charge in [-0.25, -0.2) is 0 Å². The minimum Gasteiger partial charge on any atom is -0.504 e. The molecule has 0 radical (unpaired) electrons. The first kappa shape index (κ1) is 16.3. The van der Waals surface area contributed by atoms with Gasteiger partial charge in [0.05, 0.1) is 20.6 Å². The number of fused-ring (bicyclic) bond motifs is 1. The number of allylic oxidation sites excluding steroid dienone is 1. The first-order valence-electron chi connectivity index (χ1n) is 7.52. The molecule has 0 saturated carbocycles. The minimum atomic E-state index is -1.41. The van der Waals surface area contributed by atoms with Gasteiger partial charge in [0, 0.05) is 12.5 Å². The minimum absolute atomic E-state index is 0.00312. The maximum atomic E-state index is 12.5. The third-order valence-electron chi connectivity index (χ3n) is 4.41. The number of methoxy groups -OCH3 is 2. The van der Waals surface area contributed by atoms with Crippen LogP contribution in [0.1, 0.15) is 29.6 Å². The van der Waals surface area contributed by atoms with Crippen LogP contribution in [0, 0.1) is 0 Å². The fourth-order valence-electron chi connectivity index (χ4n) is 3.05. The van der Waals surface area contributed by atoms with Crippen LogP contribution in [-0.4, -0.2) is 47.7 Å². The van der Waals surface area contributed by atoms with Gasteiger partial charge in [-0.05, 0) is 18.6 Å². The van der Waals surface area contributed by atoms with E-state index in [0.717, 1.165) is 0 Å². The van der Waals surface area contributed by atoms with Crippen molar-refractivity contribution in [2.75, 3.05) is 14.2 Å². The van der Waals surface area contributed by atoms with Crippen molar-refractivity contribution in [2.45, 2.75) is 31.0 Å². The number of rotatable bonds is 3. The van der Waals surface area contributed by atoms with Crippen molar-refractivity contribution in [3.05, 3.63) is 23.8 Å². The predicted molar refractivity (Wildman–Crippen MR) is 82.9 cm³/mol. The average Bonchev–Trinajstić information content (AvgIpc) is 2.56. The Hall–Kier alpha value is -2.54. The first-order chi connectivity index (χ1) is 11.4. The molecule has 0 spiro atoms. The number of phenolic OH excluding ortho intramolecular Hbond substituents is 1. The molecular formula is C17H18O7. The van der Waals surface area contributed by atoms with Crippen molar-refractivity contribution in [3.8, 4) is 23.0 Å². The van der Waals surface area contributed by atoms with E-state index < -0.39 is 11.7 Å². The normalized spacial score (nSPS) is 25.9. The van der Waals surface area contributed by atoms with Crippen LogP contribution in [0.4, 0.5) is 0 Å². The van der Waals surface area contributed by atoms with E-state index >= 15 is 0 Å². The number of aromatic hydroxyl groups is 1. The van der Waals surface area contributed by atoms with E-state index in [1.807, 2.05) is 0 Å². The molecule has 2 aliphatic rings. The van der Waals surface area contributed by atoms with Gasteiger partial charge in [-0.3, -0.25) is 9.59 Å². The van der Waals surface area contributed by atoms with Gasteiger partial charge in [-0.15, -0.1) is 0 Å². The second-order valence-corrected chi connectivity index (χ2v) is 5.86. The summed E-state index contributed by atoms with van der Waals surface area (Å²) in [5, 5.41) is 21.0. The largest absolute Gasteiger partial charge is 0.504 e. The van der Waals surface area contributed by atoms with E-state index in [-0.39, 0.29) is 59.4 Å². The van der Waals surface area contributed by atoms with Crippen LogP contribution in [-0.2, 0) is 4.79 Å². The Morgan fingerprint density at radius 3 is 2.62 bits per heavy atom. The Bertz CT molecular complexity index is 737. The summed E-state index contributed by atoms with van der Waals surface area (Å²) in [4.78, 5) is 23.8. The Morgan fingerprint density at radius 1 is 1.29 bits per heavy atom. The summed E-state index contributed by atoms with van der Waals surface area (Å²) < 4.78 is 16.0. The van der Waals surface area contributed by atoms with Crippen LogP contribution in [0.25, 0.3) is 0 Å². The molecule has 128 valence electrons. The number of Topliss-reactive ketones (excluding diaryl/α,β-unsaturated/α-hetero) is 1. The summed E-state index contributed by atoms with van der Waals surface area (Å²) in [5.41, 5.74) is -1.41. The Kier molecular flexibility index (Phi) is 3.96. The second kappa shape index (κ2) is 5.83. The first-order valence-corrected chi connectivity index (χ1v) is 7.52. The number of carbonyl (C=O) groups is 2. The monoisotopic (exact) mass is 334 g/mol. The van der Waals surface area contributed by atoms with Crippen LogP contribution < -0.4 is 14.2 Å². The van der Waals surface area contributed by atoms with Crippen LogP contribution in [0.5, 0.6) is 23.0 Å². The van der Waals surface area contributed by atoms with E-state index in [2.05, 4.69) is 0 Å². The van der Waals surface area contributed by atoms with Crippen molar-refractivity contribution < 1.29 is 34.0 Å². The SMILES string of the molecule is COc1cc2c(c(O)c1OC)C(=O)C[C@@H]([C@]1(O)C=CC(=O)CC1)O2. The second-order valence-electron chi connectivity index (χ2n) is 5.86. The average molecular weight is 334 g/mol. The molecular weight excluding hydrogens is 316 g/mol. The summed E-state index contributed by atoms with van der Waals surface area (Å²) in [7, 11) is 2.75. The molecule has 2 N–H and O–H groups in total. The highest BCUT2D eigenvalue weighted by molar-refractivity contribution is 6.04. The molecule has 0 saturated heterocycles. The fourth-order valence-corrected chi connectivity index (χ4v) is 3.05. The van der Waals surface area contributed by atoms with Gasteiger partial charge in [0.1, 0.15) is 23.0 Å². The zero-order chi connectivity index (χ0) is 17.5. The maximum Gasteiger partial charge on any atom is 0.204 e. The van der Waals surface area contributed by atoms with Gasteiger partial charge >= 0.3 is 0 Å². The molecule has 24 heavy (non-hydrogen) atoms. The molecule has 1 aliphatic carbocycles. The lowest BCUT2D eigenvalue weighted by atomic mass is 9.81. The van der Waals surface area contributed by atoms with Crippen molar-refractivity contribution in [3.63, 3.8) is 0 Å². The van der Waals surface area contributed by atoms with Gasteiger partial charge in [0.15, 0.2) is 23.1 Å². The molecule has 1 aliphatic heterocycles. The molecule has 3 rings (SSSR count). The summed E-state index contributed by atoms with van der Waals surface area (Å²) in [5.74, 6) is -0.427. The summed E-state index contributed by atoms with van der Waals surface area (Å²) in [6.07, 6.45) is 2.08. The third kappa shape index (κ3) is 2.50. The molecule has 2 atom stereocenters. The number of aliphatic hydroxyl groups is 1. The molecule has 0 unspecified atom stereocenters. The quantitative estimate of drug-likeness (QED) is 0.861. The van der Waals surface area contributed by atoms with Crippen LogP contribution >= 0.6 is 0 Å². The van der Waals surface area contributed by atoms with Gasteiger partial charge in [-0.2, -0.15) is 0 Å². The molecule has 0 fully saturated rings. The lowest BCUT2D eigenvalue weighted by molar-refractivity contribution is -0.118. The highest BCUT2D eigenvalue weighted by Crippen LogP contribution is 2.48. The van der Waals surface area contributed by atoms with Crippen molar-refractivity contribution in [2.24, 2.45) is 0 Å². The van der Waals surface area contributed by atoms with Crippen LogP contribution in [0.3, 0.4) is 0 Å². The molecule has 0 amide bonds. The summed E-state index contributed by atoms with van der Waals surface area (Å²) in [6.45, 7) is 0. The standard InChI is InChI=1S/C17H18O7/c1-22-12-8-11-14(15(20)16(12)23-2)10(19)7-13(24-11)17(21)5-3-9(18)4-6-17/h3,5,8,13,20-21H,4,6-7H2,1-2H3/t13-,17-/m0/s1. The number of benzene rings is 1. The fraction of sp³-hybridized carbons (Fsp3) is 0.412. The number of ether oxygens (including phenoxy) is 3. The maximum absolute atomic E-state index is 12.5. The number of hydrogen-bond acceptors (Lipinski definition) is 7. The number of phenols is 1. The third-order valence-corrected chi connectivity index (χ3v) is 4.41. The molecule has 0 bridgehead atoms. The van der Waals surface area contributed by atoms with Gasteiger partial charge in [0.2, 0.25) is 5.75 Å². The van der Waals surface area contributed by atoms with E-state index in [1.54, 1.807) is 0 Å². The molecule has 0 aromatic heterocycles. The van der Waals surface area contributed by atoms with Gasteiger partial charge < -0.3 is 24.4 Å². The van der Waals surface area contributed by atoms with Crippen LogP contribution in [0.2, 0.25) is 0 Å². The summed E-state index contributed by atoms with van der Waals surface area (Å²) >= 11 is 0. The van der Waals surface area contributed by atoms with E-state index in [9.17, 15) is 19.8 Å². The van der Waals surface area contributed by atoms with Crippen molar-refractivity contribution in [1.82, 2.24) is 0 Å². The number of ketones is 2. The van der Waals surface area contributed by atoms with Gasteiger partial charge in [0.25, 0.3) is 0 Å². The predicted octanol–water partition coefficient (Wildman–Crippen LogP) is 1.39. The van der Waals surface area contributed by atoms with E-state index in [0.29, 0.717) is 0 Å². The highest BCUT2D eigenvalue weighted by Gasteiger charge is 2.44. The van der Waals surface area contributed by atoms with E-state index in [4.69, 9.17) is 14.2 Å². The summed E-state index contributed by atoms with van der Waals surface area (Å²) in [6, 6.07) is 1.44. The lowest BCUT2D eigenvalue weighted by Gasteiger charge is -2.38. The van der Waals surface area contributed by atoms with Gasteiger partial charge in [-0.1, -0.05) is 0 Å².